The standard InChI is InChI=1S/C13H13ClN2O3/c1-2-19-13(17)8-16-7-9(6-15-18)11-5-10(14)3-4-12(11)16/h3-7,18H,2,8H2,1H3/b15-6+. The Kier molecular flexibility index (Phi) is 4.06. The molecule has 0 saturated carbocycles. The first-order chi connectivity index (χ1) is 9.15. The van der Waals surface area contributed by atoms with Gasteiger partial charge in [-0.15, -0.1) is 0 Å². The molecule has 1 aromatic heterocycles. The number of oxime groups is 1. The fourth-order valence-electron chi connectivity index (χ4n) is 1.94. The van der Waals surface area contributed by atoms with Crippen LogP contribution in [-0.2, 0) is 16.1 Å². The summed E-state index contributed by atoms with van der Waals surface area (Å²) in [6, 6.07) is 5.31. The fraction of sp³-hybridized carbons (Fsp3) is 0.231. The van der Waals surface area contributed by atoms with Crippen molar-refractivity contribution in [3.05, 3.63) is 35.0 Å². The SMILES string of the molecule is CCOC(=O)Cn1cc(/C=N/O)c2cc(Cl)ccc21. The lowest BCUT2D eigenvalue weighted by molar-refractivity contribution is -0.143. The zero-order chi connectivity index (χ0) is 13.8. The Labute approximate surface area is 115 Å². The molecule has 1 heterocycles. The van der Waals surface area contributed by atoms with Crippen LogP contribution < -0.4 is 0 Å². The van der Waals surface area contributed by atoms with Crippen molar-refractivity contribution in [2.45, 2.75) is 13.5 Å². The van der Waals surface area contributed by atoms with Gasteiger partial charge < -0.3 is 14.5 Å². The lowest BCUT2D eigenvalue weighted by Gasteiger charge is -2.04. The molecule has 0 saturated heterocycles. The molecule has 0 aliphatic rings. The number of esters is 1. The molecule has 2 aromatic rings. The van der Waals surface area contributed by atoms with E-state index in [2.05, 4.69) is 5.16 Å². The normalized spacial score (nSPS) is 11.3. The van der Waals surface area contributed by atoms with Gasteiger partial charge in [-0.3, -0.25) is 4.79 Å². The highest BCUT2D eigenvalue weighted by Gasteiger charge is 2.11. The largest absolute Gasteiger partial charge is 0.465 e. The molecule has 0 aliphatic carbocycles. The predicted molar refractivity (Wildman–Crippen MR) is 73.0 cm³/mol. The lowest BCUT2D eigenvalue weighted by Crippen LogP contribution is -2.12. The predicted octanol–water partition coefficient (Wildman–Crippen LogP) is 2.67. The Hall–Kier alpha value is -2.01. The molecule has 0 atom stereocenters. The van der Waals surface area contributed by atoms with E-state index < -0.39 is 0 Å². The number of halogens is 1. The summed E-state index contributed by atoms with van der Waals surface area (Å²) >= 11 is 5.95. The van der Waals surface area contributed by atoms with Crippen LogP contribution in [0.25, 0.3) is 10.9 Å². The topological polar surface area (TPSA) is 63.8 Å². The molecular formula is C13H13ClN2O3. The van der Waals surface area contributed by atoms with Crippen LogP contribution in [0.1, 0.15) is 12.5 Å². The van der Waals surface area contributed by atoms with E-state index in [9.17, 15) is 4.79 Å². The summed E-state index contributed by atoms with van der Waals surface area (Å²) in [4.78, 5) is 11.5. The first-order valence-electron chi connectivity index (χ1n) is 5.77. The van der Waals surface area contributed by atoms with Gasteiger partial charge in [-0.25, -0.2) is 0 Å². The van der Waals surface area contributed by atoms with Crippen molar-refractivity contribution in [3.63, 3.8) is 0 Å². The molecule has 100 valence electrons. The van der Waals surface area contributed by atoms with Crippen LogP contribution in [0.5, 0.6) is 0 Å². The Morgan fingerprint density at radius 2 is 2.37 bits per heavy atom. The third-order valence-electron chi connectivity index (χ3n) is 2.68. The summed E-state index contributed by atoms with van der Waals surface area (Å²) in [6.07, 6.45) is 3.03. The molecule has 5 nitrogen and oxygen atoms in total. The smallest absolute Gasteiger partial charge is 0.325 e. The molecule has 6 heteroatoms. The van der Waals surface area contributed by atoms with E-state index in [1.165, 1.54) is 6.21 Å². The molecule has 0 fully saturated rings. The van der Waals surface area contributed by atoms with Gasteiger partial charge in [-0.2, -0.15) is 0 Å². The molecule has 0 bridgehead atoms. The average molecular weight is 281 g/mol. The minimum atomic E-state index is -0.318. The highest BCUT2D eigenvalue weighted by Crippen LogP contribution is 2.24. The quantitative estimate of drug-likeness (QED) is 0.405. The van der Waals surface area contributed by atoms with Crippen LogP contribution in [0.15, 0.2) is 29.6 Å². The van der Waals surface area contributed by atoms with Gasteiger partial charge in [0.25, 0.3) is 0 Å². The van der Waals surface area contributed by atoms with Crippen molar-refractivity contribution in [1.82, 2.24) is 4.57 Å². The molecule has 0 unspecified atom stereocenters. The van der Waals surface area contributed by atoms with E-state index in [0.29, 0.717) is 17.2 Å². The van der Waals surface area contributed by atoms with E-state index in [1.807, 2.05) is 6.07 Å². The maximum absolute atomic E-state index is 11.5. The monoisotopic (exact) mass is 280 g/mol. The van der Waals surface area contributed by atoms with E-state index in [-0.39, 0.29) is 12.5 Å². The number of aromatic nitrogens is 1. The van der Waals surface area contributed by atoms with Crippen molar-refractivity contribution in [2.75, 3.05) is 6.61 Å². The van der Waals surface area contributed by atoms with Gasteiger partial charge >= 0.3 is 5.97 Å². The number of rotatable bonds is 4. The maximum atomic E-state index is 11.5. The molecule has 1 aromatic carbocycles. The Balaban J connectivity index is 2.47. The molecule has 0 aliphatic heterocycles. The van der Waals surface area contributed by atoms with Gasteiger partial charge in [0, 0.05) is 27.7 Å². The van der Waals surface area contributed by atoms with E-state index in [1.54, 1.807) is 29.8 Å². The maximum Gasteiger partial charge on any atom is 0.325 e. The van der Waals surface area contributed by atoms with Gasteiger partial charge in [0.05, 0.1) is 12.8 Å². The highest BCUT2D eigenvalue weighted by molar-refractivity contribution is 6.31. The van der Waals surface area contributed by atoms with Crippen molar-refractivity contribution in [3.8, 4) is 0 Å². The third-order valence-corrected chi connectivity index (χ3v) is 2.91. The number of hydrogen-bond donors (Lipinski definition) is 1. The van der Waals surface area contributed by atoms with Crippen molar-refractivity contribution in [2.24, 2.45) is 5.16 Å². The minimum absolute atomic E-state index is 0.102. The van der Waals surface area contributed by atoms with Crippen LogP contribution in [0.2, 0.25) is 5.02 Å². The van der Waals surface area contributed by atoms with Gasteiger partial charge in [-0.05, 0) is 25.1 Å². The first kappa shape index (κ1) is 13.4. The summed E-state index contributed by atoms with van der Waals surface area (Å²) < 4.78 is 6.66. The number of nitrogens with zero attached hydrogens (tertiary/aromatic N) is 2. The Bertz CT molecular complexity index is 634. The molecule has 0 spiro atoms. The zero-order valence-electron chi connectivity index (χ0n) is 10.3. The lowest BCUT2D eigenvalue weighted by atomic mass is 10.2. The second kappa shape index (κ2) is 5.75. The second-order valence-electron chi connectivity index (χ2n) is 3.92. The summed E-state index contributed by atoms with van der Waals surface area (Å²) in [6.45, 7) is 2.20. The van der Waals surface area contributed by atoms with Crippen LogP contribution in [0.3, 0.4) is 0 Å². The zero-order valence-corrected chi connectivity index (χ0v) is 11.1. The van der Waals surface area contributed by atoms with Crippen LogP contribution in [0.4, 0.5) is 0 Å². The van der Waals surface area contributed by atoms with E-state index in [0.717, 1.165) is 10.9 Å². The fourth-order valence-corrected chi connectivity index (χ4v) is 2.11. The first-order valence-corrected chi connectivity index (χ1v) is 6.15. The van der Waals surface area contributed by atoms with Crippen molar-refractivity contribution < 1.29 is 14.7 Å². The highest BCUT2D eigenvalue weighted by atomic mass is 35.5. The molecule has 2 rings (SSSR count). The molecular weight excluding hydrogens is 268 g/mol. The number of hydrogen-bond acceptors (Lipinski definition) is 4. The van der Waals surface area contributed by atoms with Gasteiger partial charge in [-0.1, -0.05) is 16.8 Å². The van der Waals surface area contributed by atoms with Crippen LogP contribution in [-0.4, -0.2) is 28.6 Å². The van der Waals surface area contributed by atoms with Gasteiger partial charge in [0.2, 0.25) is 0 Å². The average Bonchev–Trinajstić information content (AvgIpc) is 2.68. The number of fused-ring (bicyclic) bond motifs is 1. The van der Waals surface area contributed by atoms with Crippen LogP contribution >= 0.6 is 11.6 Å². The molecule has 19 heavy (non-hydrogen) atoms. The number of ether oxygens (including phenoxy) is 1. The van der Waals surface area contributed by atoms with E-state index in [4.69, 9.17) is 21.5 Å². The number of carbonyl (C=O) groups is 1. The minimum Gasteiger partial charge on any atom is -0.465 e. The summed E-state index contributed by atoms with van der Waals surface area (Å²) in [7, 11) is 0. The molecule has 0 radical (unpaired) electrons. The van der Waals surface area contributed by atoms with Crippen LogP contribution in [0, 0.1) is 0 Å². The van der Waals surface area contributed by atoms with Crippen molar-refractivity contribution in [1.29, 1.82) is 0 Å². The van der Waals surface area contributed by atoms with Gasteiger partial charge in [0.15, 0.2) is 0 Å². The van der Waals surface area contributed by atoms with Gasteiger partial charge in [0.1, 0.15) is 6.54 Å². The molecule has 0 amide bonds. The summed E-state index contributed by atoms with van der Waals surface area (Å²) in [5, 5.41) is 13.1. The summed E-state index contributed by atoms with van der Waals surface area (Å²) in [5.74, 6) is -0.318. The second-order valence-corrected chi connectivity index (χ2v) is 4.36. The molecule has 1 N–H and O–H groups in total. The number of carbonyl (C=O) groups excluding carboxylic acids is 1. The Morgan fingerprint density at radius 1 is 1.58 bits per heavy atom. The third kappa shape index (κ3) is 2.88. The van der Waals surface area contributed by atoms with Crippen molar-refractivity contribution >= 4 is 34.7 Å². The Morgan fingerprint density at radius 3 is 3.05 bits per heavy atom. The summed E-state index contributed by atoms with van der Waals surface area (Å²) in [5.41, 5.74) is 1.51. The van der Waals surface area contributed by atoms with E-state index >= 15 is 0 Å². The number of benzene rings is 1.